The number of benzene rings is 1. The van der Waals surface area contributed by atoms with E-state index in [9.17, 15) is 32.6 Å². The second kappa shape index (κ2) is 9.08. The van der Waals surface area contributed by atoms with E-state index in [0.29, 0.717) is 47.5 Å². The van der Waals surface area contributed by atoms with Crippen molar-refractivity contribution in [2.24, 2.45) is 0 Å². The van der Waals surface area contributed by atoms with Crippen molar-refractivity contribution in [1.82, 2.24) is 14.8 Å². The number of carboxylic acid groups (broad SMARTS) is 1. The lowest BCUT2D eigenvalue weighted by Gasteiger charge is -2.34. The quantitative estimate of drug-likeness (QED) is 0.443. The summed E-state index contributed by atoms with van der Waals surface area (Å²) in [5.41, 5.74) is -0.604. The molecule has 0 radical (unpaired) electrons. The van der Waals surface area contributed by atoms with Crippen LogP contribution in [-0.4, -0.2) is 42.7 Å². The molecule has 3 aromatic rings. The largest absolute Gasteiger partial charge is 0.465 e. The second-order valence-corrected chi connectivity index (χ2v) is 9.33. The average Bonchev–Trinajstić information content (AvgIpc) is 3.20. The molecule has 1 aliphatic rings. The van der Waals surface area contributed by atoms with Crippen molar-refractivity contribution in [3.8, 4) is 22.8 Å². The third-order valence-electron chi connectivity index (χ3n) is 5.78. The molecule has 12 heteroatoms. The number of halogens is 4. The van der Waals surface area contributed by atoms with Gasteiger partial charge in [0.1, 0.15) is 5.75 Å². The molecule has 2 N–H and O–H groups in total. The van der Waals surface area contributed by atoms with Gasteiger partial charge in [0.15, 0.2) is 5.82 Å². The van der Waals surface area contributed by atoms with Gasteiger partial charge in [-0.2, -0.15) is 18.3 Å². The number of pyridine rings is 1. The van der Waals surface area contributed by atoms with Gasteiger partial charge in [0.05, 0.1) is 29.6 Å². The number of nitrogens with zero attached hydrogens (tertiary/aromatic N) is 4. The highest BCUT2D eigenvalue weighted by atomic mass is 19.4. The van der Waals surface area contributed by atoms with Crippen molar-refractivity contribution in [3.05, 3.63) is 53.7 Å². The van der Waals surface area contributed by atoms with Gasteiger partial charge >= 0.3 is 12.3 Å². The molecule has 0 fully saturated rings. The van der Waals surface area contributed by atoms with Crippen LogP contribution in [0.5, 0.6) is 11.6 Å². The molecule has 192 valence electrons. The maximum absolute atomic E-state index is 14.7. The van der Waals surface area contributed by atoms with Crippen LogP contribution in [0.15, 0.2) is 36.8 Å². The van der Waals surface area contributed by atoms with Crippen molar-refractivity contribution < 1.29 is 37.3 Å². The molecular formula is C24H24F4N4O4. The predicted molar refractivity (Wildman–Crippen MR) is 122 cm³/mol. The van der Waals surface area contributed by atoms with E-state index < -0.39 is 35.1 Å². The molecule has 0 saturated carbocycles. The molecule has 0 spiro atoms. The molecule has 1 aromatic carbocycles. The number of rotatable bonds is 5. The number of aromatic nitrogens is 3. The fourth-order valence-corrected chi connectivity index (χ4v) is 4.18. The van der Waals surface area contributed by atoms with Gasteiger partial charge in [-0.25, -0.2) is 14.2 Å². The summed E-state index contributed by atoms with van der Waals surface area (Å²) >= 11 is 0. The van der Waals surface area contributed by atoms with Gasteiger partial charge < -0.3 is 14.9 Å². The summed E-state index contributed by atoms with van der Waals surface area (Å²) in [6.07, 6.45) is -1.54. The fraction of sp³-hybridized carbons (Fsp3) is 0.375. The van der Waals surface area contributed by atoms with Crippen molar-refractivity contribution in [2.75, 3.05) is 4.90 Å². The van der Waals surface area contributed by atoms with Crippen molar-refractivity contribution in [3.63, 3.8) is 0 Å². The highest BCUT2D eigenvalue weighted by Gasteiger charge is 2.34. The van der Waals surface area contributed by atoms with E-state index in [1.807, 2.05) is 0 Å². The molecule has 1 amide bonds. The summed E-state index contributed by atoms with van der Waals surface area (Å²) in [6.45, 7) is 5.15. The summed E-state index contributed by atoms with van der Waals surface area (Å²) < 4.78 is 60.9. The Bertz CT molecular complexity index is 1300. The third kappa shape index (κ3) is 5.13. The van der Waals surface area contributed by atoms with Gasteiger partial charge in [0.2, 0.25) is 0 Å². The van der Waals surface area contributed by atoms with Gasteiger partial charge in [0, 0.05) is 35.1 Å². The molecule has 36 heavy (non-hydrogen) atoms. The smallest absolute Gasteiger partial charge is 0.417 e. The first-order valence-corrected chi connectivity index (χ1v) is 11.1. The Morgan fingerprint density at radius 2 is 1.97 bits per heavy atom. The van der Waals surface area contributed by atoms with Crippen LogP contribution in [0, 0.1) is 5.82 Å². The minimum atomic E-state index is -4.78. The number of amides is 1. The van der Waals surface area contributed by atoms with Crippen LogP contribution in [0.3, 0.4) is 0 Å². The number of hydrogen-bond donors (Lipinski definition) is 2. The highest BCUT2D eigenvalue weighted by Crippen LogP contribution is 2.45. The normalized spacial score (nSPS) is 16.1. The molecule has 2 aromatic heterocycles. The van der Waals surface area contributed by atoms with Crippen LogP contribution in [0.1, 0.15) is 38.3 Å². The van der Waals surface area contributed by atoms with Gasteiger partial charge in [-0.3, -0.25) is 9.58 Å². The zero-order valence-electron chi connectivity index (χ0n) is 19.7. The maximum atomic E-state index is 14.7. The number of aliphatic hydroxyl groups is 1. The zero-order valence-corrected chi connectivity index (χ0v) is 19.7. The minimum absolute atomic E-state index is 0.0691. The van der Waals surface area contributed by atoms with E-state index in [-0.39, 0.29) is 18.3 Å². The van der Waals surface area contributed by atoms with Gasteiger partial charge in [-0.15, -0.1) is 0 Å². The molecule has 0 unspecified atom stereocenters. The van der Waals surface area contributed by atoms with Crippen LogP contribution >= 0.6 is 0 Å². The second-order valence-electron chi connectivity index (χ2n) is 9.33. The van der Waals surface area contributed by atoms with E-state index in [1.165, 1.54) is 15.8 Å². The Labute approximate surface area is 203 Å². The standard InChI is InChI=1S/C24H24F4N4O4/c1-13-4-5-17-19(32(13)22(33)34)7-6-16(14-9-30-31(11-14)12-23(2,3)35)20(17)36-21-18(25)8-15(10-29-21)24(26,27)28/h6-11,13,35H,4-5,12H2,1-3H3,(H,33,34)/t13-/m0/s1. The average molecular weight is 508 g/mol. The molecule has 1 atom stereocenters. The first-order chi connectivity index (χ1) is 16.7. The Hall–Kier alpha value is -3.67. The first kappa shape index (κ1) is 25.4. The van der Waals surface area contributed by atoms with E-state index in [0.717, 1.165) is 0 Å². The Morgan fingerprint density at radius 3 is 2.58 bits per heavy atom. The van der Waals surface area contributed by atoms with E-state index in [1.54, 1.807) is 39.1 Å². The van der Waals surface area contributed by atoms with Crippen LogP contribution in [0.2, 0.25) is 0 Å². The van der Waals surface area contributed by atoms with Crippen molar-refractivity contribution in [1.29, 1.82) is 0 Å². The zero-order chi connectivity index (χ0) is 26.4. The molecule has 0 bridgehead atoms. The first-order valence-electron chi connectivity index (χ1n) is 11.1. The van der Waals surface area contributed by atoms with Crippen LogP contribution < -0.4 is 9.64 Å². The van der Waals surface area contributed by atoms with Gasteiger partial charge in [-0.1, -0.05) is 0 Å². The Morgan fingerprint density at radius 1 is 1.25 bits per heavy atom. The van der Waals surface area contributed by atoms with E-state index in [4.69, 9.17) is 4.74 Å². The number of alkyl halides is 3. The third-order valence-corrected chi connectivity index (χ3v) is 5.78. The number of fused-ring (bicyclic) bond motifs is 1. The van der Waals surface area contributed by atoms with Crippen LogP contribution in [-0.2, 0) is 19.1 Å². The minimum Gasteiger partial charge on any atom is -0.465 e. The summed E-state index contributed by atoms with van der Waals surface area (Å²) in [4.78, 5) is 16.7. The predicted octanol–water partition coefficient (Wildman–Crippen LogP) is 5.49. The molecule has 0 aliphatic carbocycles. The fourth-order valence-electron chi connectivity index (χ4n) is 4.18. The number of anilines is 1. The molecule has 1 aliphatic heterocycles. The summed E-state index contributed by atoms with van der Waals surface area (Å²) in [7, 11) is 0. The SMILES string of the molecule is C[C@H]1CCc2c(ccc(-c3cnn(CC(C)(C)O)c3)c2Oc2ncc(C(F)(F)F)cc2F)N1C(=O)O. The van der Waals surface area contributed by atoms with Crippen molar-refractivity contribution >= 4 is 11.8 Å². The van der Waals surface area contributed by atoms with Gasteiger partial charge in [-0.05, 0) is 51.8 Å². The highest BCUT2D eigenvalue weighted by molar-refractivity contribution is 5.91. The van der Waals surface area contributed by atoms with Crippen LogP contribution in [0.25, 0.3) is 11.1 Å². The molecular weight excluding hydrogens is 484 g/mol. The molecule has 3 heterocycles. The monoisotopic (exact) mass is 508 g/mol. The molecule has 8 nitrogen and oxygen atoms in total. The summed E-state index contributed by atoms with van der Waals surface area (Å²) in [6, 6.07) is 3.15. The number of hydrogen-bond acceptors (Lipinski definition) is 5. The topological polar surface area (TPSA) is 101 Å². The van der Waals surface area contributed by atoms with Crippen LogP contribution in [0.4, 0.5) is 28.0 Å². The van der Waals surface area contributed by atoms with Gasteiger partial charge in [0.25, 0.3) is 5.88 Å². The summed E-state index contributed by atoms with van der Waals surface area (Å²) in [5, 5.41) is 24.1. The number of ether oxygens (including phenoxy) is 1. The lowest BCUT2D eigenvalue weighted by Crippen LogP contribution is -2.41. The van der Waals surface area contributed by atoms with E-state index >= 15 is 0 Å². The van der Waals surface area contributed by atoms with E-state index in [2.05, 4.69) is 10.1 Å². The lowest BCUT2D eigenvalue weighted by molar-refractivity contribution is -0.138. The summed E-state index contributed by atoms with van der Waals surface area (Å²) in [5.74, 6) is -1.92. The number of carbonyl (C=O) groups is 1. The molecule has 0 saturated heterocycles. The molecule has 4 rings (SSSR count). The Kier molecular flexibility index (Phi) is 6.41. The van der Waals surface area contributed by atoms with Crippen molar-refractivity contribution in [2.45, 2.75) is 58.0 Å². The maximum Gasteiger partial charge on any atom is 0.417 e. The lowest BCUT2D eigenvalue weighted by atomic mass is 9.92. The Balaban J connectivity index is 1.84.